The van der Waals surface area contributed by atoms with Crippen LogP contribution in [0.15, 0.2) is 4.99 Å². The fourth-order valence-electron chi connectivity index (χ4n) is 0.507. The number of ether oxygens (including phenoxy) is 1. The van der Waals surface area contributed by atoms with Crippen molar-refractivity contribution >= 4 is 6.40 Å². The average molecular weight is 171 g/mol. The van der Waals surface area contributed by atoms with E-state index in [-0.39, 0.29) is 11.0 Å². The second-order valence-corrected chi connectivity index (χ2v) is 5.24. The molecule has 0 amide bonds. The zero-order chi connectivity index (χ0) is 9.83. The molecule has 0 aromatic heterocycles. The molecule has 2 heteroatoms. The van der Waals surface area contributed by atoms with Crippen molar-refractivity contribution in [3.05, 3.63) is 0 Å². The third kappa shape index (κ3) is 9.47. The fourth-order valence-corrected chi connectivity index (χ4v) is 0.507. The quantitative estimate of drug-likeness (QED) is 0.462. The zero-order valence-electron chi connectivity index (χ0n) is 9.14. The fraction of sp³-hybridized carbons (Fsp3) is 0.900. The lowest BCUT2D eigenvalue weighted by Gasteiger charge is -2.18. The molecule has 0 atom stereocenters. The summed E-state index contributed by atoms with van der Waals surface area (Å²) in [5.41, 5.74) is 0.124. The first kappa shape index (κ1) is 11.5. The van der Waals surface area contributed by atoms with Gasteiger partial charge in [-0.15, -0.1) is 0 Å². The maximum atomic E-state index is 5.33. The molecule has 0 bridgehead atoms. The lowest BCUT2D eigenvalue weighted by molar-refractivity contribution is 0.125. The van der Waals surface area contributed by atoms with E-state index in [1.54, 1.807) is 6.40 Å². The Balaban J connectivity index is 3.66. The van der Waals surface area contributed by atoms with Crippen LogP contribution in [0.5, 0.6) is 0 Å². The average Bonchev–Trinajstić information content (AvgIpc) is 1.76. The third-order valence-corrected chi connectivity index (χ3v) is 1.05. The number of hydrogen-bond donors (Lipinski definition) is 0. The van der Waals surface area contributed by atoms with Gasteiger partial charge >= 0.3 is 0 Å². The van der Waals surface area contributed by atoms with Crippen molar-refractivity contribution in [3.8, 4) is 0 Å². The molecule has 0 aromatic carbocycles. The molecule has 12 heavy (non-hydrogen) atoms. The highest BCUT2D eigenvalue weighted by molar-refractivity contribution is 5.47. The highest BCUT2D eigenvalue weighted by Crippen LogP contribution is 2.12. The molecule has 0 spiro atoms. The second kappa shape index (κ2) is 3.92. The molecule has 0 fully saturated rings. The Morgan fingerprint density at radius 2 is 1.58 bits per heavy atom. The predicted molar refractivity (Wildman–Crippen MR) is 53.7 cm³/mol. The molecule has 72 valence electrons. The summed E-state index contributed by atoms with van der Waals surface area (Å²) in [7, 11) is 0. The van der Waals surface area contributed by atoms with Gasteiger partial charge < -0.3 is 4.74 Å². The maximum Gasteiger partial charge on any atom is 0.170 e. The van der Waals surface area contributed by atoms with Gasteiger partial charge in [0.25, 0.3) is 0 Å². The van der Waals surface area contributed by atoms with Crippen LogP contribution in [0.25, 0.3) is 0 Å². The van der Waals surface area contributed by atoms with Crippen LogP contribution in [0, 0.1) is 5.41 Å². The Morgan fingerprint density at radius 1 is 1.08 bits per heavy atom. The van der Waals surface area contributed by atoms with E-state index in [0.717, 1.165) is 6.54 Å². The van der Waals surface area contributed by atoms with E-state index in [1.165, 1.54) is 0 Å². The number of aliphatic imine (C=N–C) groups is 1. The monoisotopic (exact) mass is 171 g/mol. The van der Waals surface area contributed by atoms with Crippen molar-refractivity contribution in [2.45, 2.75) is 47.1 Å². The van der Waals surface area contributed by atoms with E-state index in [0.29, 0.717) is 0 Å². The molecule has 0 aliphatic carbocycles. The molecular weight excluding hydrogens is 150 g/mol. The molecule has 0 aromatic rings. The first-order chi connectivity index (χ1) is 5.21. The molecule has 0 rings (SSSR count). The van der Waals surface area contributed by atoms with E-state index in [9.17, 15) is 0 Å². The van der Waals surface area contributed by atoms with Crippen molar-refractivity contribution in [2.24, 2.45) is 10.4 Å². The Morgan fingerprint density at radius 3 is 1.92 bits per heavy atom. The minimum Gasteiger partial charge on any atom is -0.478 e. The smallest absolute Gasteiger partial charge is 0.170 e. The van der Waals surface area contributed by atoms with Crippen molar-refractivity contribution < 1.29 is 4.74 Å². The molecular formula is C10H21NO. The first-order valence-corrected chi connectivity index (χ1v) is 4.37. The molecule has 0 unspecified atom stereocenters. The van der Waals surface area contributed by atoms with Crippen LogP contribution in [0.4, 0.5) is 0 Å². The number of hydrogen-bond acceptors (Lipinski definition) is 2. The van der Waals surface area contributed by atoms with Gasteiger partial charge in [0.15, 0.2) is 6.40 Å². The molecule has 0 aliphatic rings. The van der Waals surface area contributed by atoms with Gasteiger partial charge in [-0.1, -0.05) is 20.8 Å². The van der Waals surface area contributed by atoms with Gasteiger partial charge in [-0.05, 0) is 26.2 Å². The van der Waals surface area contributed by atoms with E-state index in [1.807, 2.05) is 20.8 Å². The first-order valence-electron chi connectivity index (χ1n) is 4.37. The highest BCUT2D eigenvalue weighted by atomic mass is 16.5. The Bertz CT molecular complexity index is 130. The van der Waals surface area contributed by atoms with Gasteiger partial charge in [-0.25, -0.2) is 0 Å². The van der Waals surface area contributed by atoms with Gasteiger partial charge in [0.05, 0.1) is 0 Å². The van der Waals surface area contributed by atoms with E-state index < -0.39 is 0 Å². The third-order valence-electron chi connectivity index (χ3n) is 1.05. The van der Waals surface area contributed by atoms with Crippen LogP contribution in [0.3, 0.4) is 0 Å². The highest BCUT2D eigenvalue weighted by Gasteiger charge is 2.10. The summed E-state index contributed by atoms with van der Waals surface area (Å²) in [5.74, 6) is 0. The van der Waals surface area contributed by atoms with Gasteiger partial charge in [0.2, 0.25) is 0 Å². The van der Waals surface area contributed by atoms with Crippen molar-refractivity contribution in [1.82, 2.24) is 0 Å². The standard InChI is InChI=1S/C10H21NO/c1-9(2,3)7-11-8-12-10(4,5)6/h8H,7H2,1-6H3/b11-8-. The van der Waals surface area contributed by atoms with Crippen LogP contribution >= 0.6 is 0 Å². The lowest BCUT2D eigenvalue weighted by atomic mass is 9.98. The molecule has 0 heterocycles. The van der Waals surface area contributed by atoms with Crippen molar-refractivity contribution in [1.29, 1.82) is 0 Å². The van der Waals surface area contributed by atoms with Crippen LogP contribution in [-0.2, 0) is 4.74 Å². The predicted octanol–water partition coefficient (Wildman–Crippen LogP) is 2.88. The topological polar surface area (TPSA) is 21.6 Å². The van der Waals surface area contributed by atoms with Crippen LogP contribution < -0.4 is 0 Å². The minimum absolute atomic E-state index is 0.124. The maximum absolute atomic E-state index is 5.33. The van der Waals surface area contributed by atoms with E-state index in [2.05, 4.69) is 25.8 Å². The Labute approximate surface area is 76.0 Å². The molecule has 0 aliphatic heterocycles. The van der Waals surface area contributed by atoms with Crippen LogP contribution in [0.2, 0.25) is 0 Å². The SMILES string of the molecule is CC(C)(C)C/N=C\OC(C)(C)C. The summed E-state index contributed by atoms with van der Waals surface area (Å²) in [6.07, 6.45) is 1.56. The summed E-state index contributed by atoms with van der Waals surface area (Å²) in [5, 5.41) is 0. The van der Waals surface area contributed by atoms with Crippen LogP contribution in [0.1, 0.15) is 41.5 Å². The summed E-state index contributed by atoms with van der Waals surface area (Å²) in [6, 6.07) is 0. The molecule has 0 saturated carbocycles. The largest absolute Gasteiger partial charge is 0.478 e. The number of nitrogens with zero attached hydrogens (tertiary/aromatic N) is 1. The van der Waals surface area contributed by atoms with Gasteiger partial charge in [-0.2, -0.15) is 0 Å². The minimum atomic E-state index is -0.124. The molecule has 0 radical (unpaired) electrons. The second-order valence-electron chi connectivity index (χ2n) is 5.24. The van der Waals surface area contributed by atoms with Crippen molar-refractivity contribution in [2.75, 3.05) is 6.54 Å². The van der Waals surface area contributed by atoms with Crippen LogP contribution in [-0.4, -0.2) is 18.5 Å². The molecule has 0 N–H and O–H groups in total. The van der Waals surface area contributed by atoms with Gasteiger partial charge in [-0.3, -0.25) is 4.99 Å². The Kier molecular flexibility index (Phi) is 3.75. The number of rotatable bonds is 2. The van der Waals surface area contributed by atoms with Gasteiger partial charge in [0.1, 0.15) is 5.60 Å². The van der Waals surface area contributed by atoms with Gasteiger partial charge in [0, 0.05) is 6.54 Å². The molecule has 2 nitrogen and oxygen atoms in total. The Hall–Kier alpha value is -0.530. The summed E-state index contributed by atoms with van der Waals surface area (Å²) < 4.78 is 5.33. The van der Waals surface area contributed by atoms with E-state index in [4.69, 9.17) is 4.74 Å². The lowest BCUT2D eigenvalue weighted by Crippen LogP contribution is -2.18. The van der Waals surface area contributed by atoms with Crippen molar-refractivity contribution in [3.63, 3.8) is 0 Å². The van der Waals surface area contributed by atoms with E-state index >= 15 is 0 Å². The summed E-state index contributed by atoms with van der Waals surface area (Å²) in [6.45, 7) is 13.3. The summed E-state index contributed by atoms with van der Waals surface area (Å²) >= 11 is 0. The zero-order valence-corrected chi connectivity index (χ0v) is 9.14. The summed E-state index contributed by atoms with van der Waals surface area (Å²) in [4.78, 5) is 4.18. The normalized spacial score (nSPS) is 13.8. The molecule has 0 saturated heterocycles.